The Labute approximate surface area is 234 Å². The molecular formula is C27H34O14. The van der Waals surface area contributed by atoms with Gasteiger partial charge in [0.25, 0.3) is 0 Å². The fraction of sp³-hybridized carbons (Fsp3) is 0.556. The molecule has 2 aliphatic heterocycles. The molecule has 1 aromatic carbocycles. The molecule has 1 aliphatic carbocycles. The monoisotopic (exact) mass is 582 g/mol. The van der Waals surface area contributed by atoms with Crippen LogP contribution in [0.5, 0.6) is 5.75 Å². The van der Waals surface area contributed by atoms with E-state index in [0.29, 0.717) is 11.3 Å². The molecule has 2 heterocycles. The number of aliphatic hydroxyl groups is 6. The summed E-state index contributed by atoms with van der Waals surface area (Å²) in [6.07, 6.45) is -8.29. The highest BCUT2D eigenvalue weighted by Gasteiger charge is 2.69. The first-order valence-electron chi connectivity index (χ1n) is 12.7. The normalized spacial score (nSPS) is 38.5. The van der Waals surface area contributed by atoms with Gasteiger partial charge in [-0.2, -0.15) is 0 Å². The van der Waals surface area contributed by atoms with E-state index < -0.39 is 85.2 Å². The fourth-order valence-electron chi connectivity index (χ4n) is 5.37. The van der Waals surface area contributed by atoms with Crippen molar-refractivity contribution in [3.8, 4) is 5.75 Å². The van der Waals surface area contributed by atoms with Crippen LogP contribution >= 0.6 is 0 Å². The van der Waals surface area contributed by atoms with E-state index in [4.69, 9.17) is 28.4 Å². The van der Waals surface area contributed by atoms with E-state index >= 15 is 0 Å². The van der Waals surface area contributed by atoms with Crippen LogP contribution in [0.4, 0.5) is 0 Å². The van der Waals surface area contributed by atoms with E-state index in [1.807, 2.05) is 0 Å². The Kier molecular flexibility index (Phi) is 9.06. The van der Waals surface area contributed by atoms with Crippen molar-refractivity contribution in [1.82, 2.24) is 0 Å². The van der Waals surface area contributed by atoms with Gasteiger partial charge in [-0.1, -0.05) is 12.1 Å². The van der Waals surface area contributed by atoms with Gasteiger partial charge in [0.2, 0.25) is 6.29 Å². The van der Waals surface area contributed by atoms with Crippen molar-refractivity contribution in [2.24, 2.45) is 5.92 Å². The molecule has 10 atom stereocenters. The van der Waals surface area contributed by atoms with Gasteiger partial charge < -0.3 is 59.1 Å². The number of ether oxygens (including phenoxy) is 6. The molecule has 0 bridgehead atoms. The molecular weight excluding hydrogens is 548 g/mol. The van der Waals surface area contributed by atoms with Gasteiger partial charge in [-0.25, -0.2) is 9.59 Å². The summed E-state index contributed by atoms with van der Waals surface area (Å²) >= 11 is 0. The summed E-state index contributed by atoms with van der Waals surface area (Å²) in [5.41, 5.74) is -4.03. The zero-order chi connectivity index (χ0) is 30.1. The first-order chi connectivity index (χ1) is 19.4. The van der Waals surface area contributed by atoms with Crippen molar-refractivity contribution in [2.75, 3.05) is 20.8 Å². The Bertz CT molecular complexity index is 1160. The minimum atomic E-state index is -2.21. The van der Waals surface area contributed by atoms with E-state index in [2.05, 4.69) is 0 Å². The lowest BCUT2D eigenvalue weighted by atomic mass is 9.77. The number of carbonyl (C=O) groups excluding carboxylic acids is 2. The lowest BCUT2D eigenvalue weighted by molar-refractivity contribution is -0.352. The molecule has 41 heavy (non-hydrogen) atoms. The summed E-state index contributed by atoms with van der Waals surface area (Å²) in [6.45, 7) is 0.518. The Morgan fingerprint density at radius 2 is 1.73 bits per heavy atom. The first-order valence-corrected chi connectivity index (χ1v) is 12.7. The highest BCUT2D eigenvalue weighted by molar-refractivity contribution is 5.91. The van der Waals surface area contributed by atoms with Gasteiger partial charge in [0, 0.05) is 12.5 Å². The summed E-state index contributed by atoms with van der Waals surface area (Å²) in [6, 6.07) is 6.81. The molecule has 0 aromatic heterocycles. The number of benzene rings is 1. The van der Waals surface area contributed by atoms with E-state index in [9.17, 15) is 40.2 Å². The molecule has 0 spiro atoms. The number of methoxy groups -OCH3 is 2. The molecule has 6 N–H and O–H groups in total. The van der Waals surface area contributed by atoms with E-state index in [1.54, 1.807) is 24.3 Å². The standard InChI is InChI=1S/C27H34O14/c1-26(34)17(40-18(29)9-6-13-4-7-14(36-2)8-5-13)10-27(35)15(23(33)37-3)12-38-25(22(26)27)41-24-21(32)20(31)19(30)16(11-28)39-24/h4-9,12,16-17,19-22,24-25,28,30-32,34-35H,10-11H2,1-3H3/t16-,17+,19-,20+,21-,22?,24+,25+,26+,27-/m1/s1. The molecule has 3 aliphatic rings. The van der Waals surface area contributed by atoms with Crippen molar-refractivity contribution < 1.29 is 68.6 Å². The van der Waals surface area contributed by atoms with Crippen molar-refractivity contribution >= 4 is 18.0 Å². The van der Waals surface area contributed by atoms with Gasteiger partial charge in [0.05, 0.1) is 33.0 Å². The number of hydrogen-bond acceptors (Lipinski definition) is 14. The Morgan fingerprint density at radius 3 is 2.34 bits per heavy atom. The zero-order valence-corrected chi connectivity index (χ0v) is 22.5. The van der Waals surface area contributed by atoms with Gasteiger partial charge in [0.15, 0.2) is 6.29 Å². The van der Waals surface area contributed by atoms with Crippen LogP contribution in [-0.2, 0) is 33.3 Å². The topological polar surface area (TPSA) is 211 Å². The average Bonchev–Trinajstić information content (AvgIpc) is 3.16. The third-order valence-electron chi connectivity index (χ3n) is 7.66. The second-order valence-electron chi connectivity index (χ2n) is 10.2. The van der Waals surface area contributed by atoms with Crippen LogP contribution in [0.25, 0.3) is 6.08 Å². The number of carbonyl (C=O) groups is 2. The molecule has 0 radical (unpaired) electrons. The quantitative estimate of drug-likeness (QED) is 0.150. The van der Waals surface area contributed by atoms with E-state index in [0.717, 1.165) is 19.4 Å². The molecule has 1 saturated carbocycles. The molecule has 14 nitrogen and oxygen atoms in total. The highest BCUT2D eigenvalue weighted by Crippen LogP contribution is 2.53. The summed E-state index contributed by atoms with van der Waals surface area (Å²) in [7, 11) is 2.60. The van der Waals surface area contributed by atoms with Crippen LogP contribution in [0.3, 0.4) is 0 Å². The third-order valence-corrected chi connectivity index (χ3v) is 7.66. The van der Waals surface area contributed by atoms with Crippen molar-refractivity contribution in [3.05, 3.63) is 47.7 Å². The maximum atomic E-state index is 12.7. The van der Waals surface area contributed by atoms with Gasteiger partial charge >= 0.3 is 11.9 Å². The van der Waals surface area contributed by atoms with Crippen molar-refractivity contribution in [1.29, 1.82) is 0 Å². The highest BCUT2D eigenvalue weighted by atomic mass is 16.8. The minimum Gasteiger partial charge on any atom is -0.497 e. The zero-order valence-electron chi connectivity index (χ0n) is 22.5. The average molecular weight is 583 g/mol. The van der Waals surface area contributed by atoms with Crippen molar-refractivity contribution in [2.45, 2.75) is 67.6 Å². The van der Waals surface area contributed by atoms with Crippen molar-refractivity contribution in [3.63, 3.8) is 0 Å². The molecule has 1 saturated heterocycles. The number of esters is 2. The maximum absolute atomic E-state index is 12.7. The SMILES string of the molecule is COC(=O)C1=CO[C@@H](O[C@@H]2O[C@H](CO)[C@@H](O)[C@H](O)[C@H]2O)C2[C@@]1(O)C[C@H](OC(=O)C=Cc1ccc(OC)cc1)[C@]2(C)O. The Morgan fingerprint density at radius 1 is 1.05 bits per heavy atom. The van der Waals surface area contributed by atoms with Crippen LogP contribution in [0, 0.1) is 5.92 Å². The summed E-state index contributed by atoms with van der Waals surface area (Å²) in [5, 5.41) is 63.4. The fourth-order valence-corrected chi connectivity index (χ4v) is 5.37. The molecule has 1 aromatic rings. The molecule has 1 unspecified atom stereocenters. The van der Waals surface area contributed by atoms with Gasteiger partial charge in [-0.3, -0.25) is 0 Å². The molecule has 0 amide bonds. The second kappa shape index (κ2) is 12.0. The minimum absolute atomic E-state index is 0.383. The lowest BCUT2D eigenvalue weighted by Gasteiger charge is -2.46. The smallest absolute Gasteiger partial charge is 0.339 e. The number of rotatable bonds is 8. The van der Waals surface area contributed by atoms with E-state index in [1.165, 1.54) is 20.1 Å². The molecule has 226 valence electrons. The third kappa shape index (κ3) is 5.82. The second-order valence-corrected chi connectivity index (χ2v) is 10.2. The predicted octanol–water partition coefficient (Wildman–Crippen LogP) is -1.65. The summed E-state index contributed by atoms with van der Waals surface area (Å²) in [4.78, 5) is 25.3. The lowest BCUT2D eigenvalue weighted by Crippen LogP contribution is -2.62. The van der Waals surface area contributed by atoms with Gasteiger partial charge in [0.1, 0.15) is 53.0 Å². The van der Waals surface area contributed by atoms with E-state index in [-0.39, 0.29) is 5.57 Å². The molecule has 14 heteroatoms. The van der Waals surface area contributed by atoms with Crippen LogP contribution in [-0.4, -0.2) is 118 Å². The summed E-state index contributed by atoms with van der Waals surface area (Å²) in [5.74, 6) is -2.74. The Balaban J connectivity index is 1.58. The predicted molar refractivity (Wildman–Crippen MR) is 135 cm³/mol. The largest absolute Gasteiger partial charge is 0.497 e. The summed E-state index contributed by atoms with van der Waals surface area (Å²) < 4.78 is 31.9. The molecule has 2 fully saturated rings. The number of hydrogen-bond donors (Lipinski definition) is 6. The van der Waals surface area contributed by atoms with Crippen LogP contribution in [0.1, 0.15) is 18.9 Å². The maximum Gasteiger partial charge on any atom is 0.339 e. The van der Waals surface area contributed by atoms with Crippen LogP contribution in [0.15, 0.2) is 42.2 Å². The van der Waals surface area contributed by atoms with Crippen LogP contribution in [0.2, 0.25) is 0 Å². The molecule has 4 rings (SSSR count). The van der Waals surface area contributed by atoms with Crippen LogP contribution < -0.4 is 4.74 Å². The Hall–Kier alpha value is -3.08. The first kappa shape index (κ1) is 30.9. The number of aliphatic hydroxyl groups excluding tert-OH is 4. The number of fused-ring (bicyclic) bond motifs is 1. The van der Waals surface area contributed by atoms with Gasteiger partial charge in [-0.15, -0.1) is 0 Å². The van der Waals surface area contributed by atoms with Gasteiger partial charge in [-0.05, 0) is 30.7 Å².